The lowest BCUT2D eigenvalue weighted by Gasteiger charge is -2.34. The van der Waals surface area contributed by atoms with E-state index >= 15 is 0 Å². The maximum absolute atomic E-state index is 13.2. The molecule has 1 aliphatic heterocycles. The van der Waals surface area contributed by atoms with Crippen molar-refractivity contribution in [2.24, 2.45) is 5.92 Å². The van der Waals surface area contributed by atoms with Crippen molar-refractivity contribution in [3.63, 3.8) is 0 Å². The van der Waals surface area contributed by atoms with Crippen LogP contribution in [-0.2, 0) is 17.9 Å². The number of imidazole rings is 1. The van der Waals surface area contributed by atoms with Crippen molar-refractivity contribution in [3.8, 4) is 0 Å². The molecule has 1 aromatic heterocycles. The van der Waals surface area contributed by atoms with Crippen LogP contribution in [-0.4, -0.2) is 50.9 Å². The summed E-state index contributed by atoms with van der Waals surface area (Å²) in [6, 6.07) is 7.01. The molecule has 27 heavy (non-hydrogen) atoms. The number of aromatic nitrogens is 2. The first-order chi connectivity index (χ1) is 12.9. The number of halogens is 1. The van der Waals surface area contributed by atoms with Gasteiger partial charge in [0.2, 0.25) is 5.91 Å². The van der Waals surface area contributed by atoms with Crippen LogP contribution in [0, 0.1) is 18.7 Å². The summed E-state index contributed by atoms with van der Waals surface area (Å²) in [4.78, 5) is 21.5. The summed E-state index contributed by atoms with van der Waals surface area (Å²) >= 11 is 0. The summed E-state index contributed by atoms with van der Waals surface area (Å²) in [5.41, 5.74) is 1.11. The van der Waals surface area contributed by atoms with Gasteiger partial charge in [-0.3, -0.25) is 9.69 Å². The normalized spacial score (nSPS) is 18.7. The van der Waals surface area contributed by atoms with Gasteiger partial charge in [-0.2, -0.15) is 0 Å². The first-order valence-electron chi connectivity index (χ1n) is 9.68. The molecule has 2 heterocycles. The zero-order chi connectivity index (χ0) is 19.4. The molecule has 3 rings (SSSR count). The molecule has 0 saturated carbocycles. The molecule has 0 radical (unpaired) electrons. The second kappa shape index (κ2) is 8.65. The number of carbonyl (C=O) groups is 1. The number of hydrogen-bond donors (Lipinski definition) is 0. The van der Waals surface area contributed by atoms with Crippen LogP contribution in [0.1, 0.15) is 31.7 Å². The highest BCUT2D eigenvalue weighted by Crippen LogP contribution is 2.20. The van der Waals surface area contributed by atoms with Gasteiger partial charge in [-0.1, -0.05) is 26.0 Å². The summed E-state index contributed by atoms with van der Waals surface area (Å²) in [5.74, 6) is 1.22. The first-order valence-corrected chi connectivity index (χ1v) is 9.68. The summed E-state index contributed by atoms with van der Waals surface area (Å²) in [5, 5.41) is 0. The highest BCUT2D eigenvalue weighted by molar-refractivity contribution is 5.76. The third-order valence-corrected chi connectivity index (χ3v) is 5.40. The lowest BCUT2D eigenvalue weighted by molar-refractivity contribution is -0.132. The first kappa shape index (κ1) is 19.5. The van der Waals surface area contributed by atoms with Crippen LogP contribution in [0.25, 0.3) is 0 Å². The van der Waals surface area contributed by atoms with Crippen molar-refractivity contribution in [2.75, 3.05) is 19.6 Å². The molecule has 5 nitrogen and oxygen atoms in total. The molecule has 1 amide bonds. The second-order valence-electron chi connectivity index (χ2n) is 7.70. The average Bonchev–Trinajstić information content (AvgIpc) is 2.91. The van der Waals surface area contributed by atoms with Gasteiger partial charge >= 0.3 is 0 Å². The van der Waals surface area contributed by atoms with E-state index in [-0.39, 0.29) is 17.8 Å². The Bertz CT molecular complexity index is 756. The number of hydrogen-bond acceptors (Lipinski definition) is 3. The Kier molecular flexibility index (Phi) is 6.26. The number of amides is 1. The van der Waals surface area contributed by atoms with Crippen LogP contribution in [0.2, 0.25) is 0 Å². The Morgan fingerprint density at radius 2 is 2.00 bits per heavy atom. The van der Waals surface area contributed by atoms with E-state index in [4.69, 9.17) is 0 Å². The Balaban J connectivity index is 1.69. The van der Waals surface area contributed by atoms with Crippen molar-refractivity contribution in [1.29, 1.82) is 0 Å². The van der Waals surface area contributed by atoms with Crippen LogP contribution in [0.3, 0.4) is 0 Å². The summed E-state index contributed by atoms with van der Waals surface area (Å²) in [6.45, 7) is 9.89. The molecule has 0 aliphatic carbocycles. The smallest absolute Gasteiger partial charge is 0.242 e. The van der Waals surface area contributed by atoms with E-state index < -0.39 is 0 Å². The molecular formula is C21H29FN4O. The lowest BCUT2D eigenvalue weighted by Crippen LogP contribution is -2.46. The quantitative estimate of drug-likeness (QED) is 0.810. The molecule has 2 aromatic rings. The minimum Gasteiger partial charge on any atom is -0.340 e. The van der Waals surface area contributed by atoms with E-state index in [1.165, 1.54) is 12.1 Å². The molecule has 1 atom stereocenters. The van der Waals surface area contributed by atoms with Gasteiger partial charge in [0, 0.05) is 44.6 Å². The minimum atomic E-state index is -0.207. The van der Waals surface area contributed by atoms with Gasteiger partial charge in [0.15, 0.2) is 0 Å². The highest BCUT2D eigenvalue weighted by atomic mass is 19.1. The number of nitrogens with zero attached hydrogens (tertiary/aromatic N) is 4. The highest BCUT2D eigenvalue weighted by Gasteiger charge is 2.29. The third kappa shape index (κ3) is 4.95. The Labute approximate surface area is 160 Å². The Morgan fingerprint density at radius 1 is 1.26 bits per heavy atom. The SMILES string of the molecule is Cc1nccn1CC(=O)N1CCCN(Cc2ccc(F)cc2)[C@H](C(C)C)C1. The molecule has 1 aromatic carbocycles. The van der Waals surface area contributed by atoms with Gasteiger partial charge in [-0.15, -0.1) is 0 Å². The molecular weight excluding hydrogens is 343 g/mol. The lowest BCUT2D eigenvalue weighted by atomic mass is 10.0. The van der Waals surface area contributed by atoms with Gasteiger partial charge in [-0.25, -0.2) is 9.37 Å². The van der Waals surface area contributed by atoms with E-state index in [9.17, 15) is 9.18 Å². The van der Waals surface area contributed by atoms with Crippen LogP contribution in [0.5, 0.6) is 0 Å². The molecule has 146 valence electrons. The zero-order valence-electron chi connectivity index (χ0n) is 16.4. The third-order valence-electron chi connectivity index (χ3n) is 5.40. The van der Waals surface area contributed by atoms with Crippen molar-refractivity contribution < 1.29 is 9.18 Å². The summed E-state index contributed by atoms with van der Waals surface area (Å²) in [7, 11) is 0. The molecule has 1 fully saturated rings. The van der Waals surface area contributed by atoms with Crippen molar-refractivity contribution in [3.05, 3.63) is 53.9 Å². The average molecular weight is 372 g/mol. The summed E-state index contributed by atoms with van der Waals surface area (Å²) in [6.07, 6.45) is 4.53. The van der Waals surface area contributed by atoms with Crippen LogP contribution >= 0.6 is 0 Å². The predicted octanol–water partition coefficient (Wildman–Crippen LogP) is 3.09. The van der Waals surface area contributed by atoms with Gasteiger partial charge in [0.1, 0.15) is 18.2 Å². The fraction of sp³-hybridized carbons (Fsp3) is 0.524. The standard InChI is InChI=1S/C21H29FN4O/c1-16(2)20-14-26(21(27)15-24-12-9-23-17(24)3)11-4-10-25(20)13-18-5-7-19(22)8-6-18/h5-9,12,16,20H,4,10-11,13-15H2,1-3H3/t20-/m0/s1. The van der Waals surface area contributed by atoms with Crippen molar-refractivity contribution >= 4 is 5.91 Å². The Morgan fingerprint density at radius 3 is 2.63 bits per heavy atom. The van der Waals surface area contributed by atoms with Crippen molar-refractivity contribution in [1.82, 2.24) is 19.4 Å². The van der Waals surface area contributed by atoms with Gasteiger partial charge in [0.25, 0.3) is 0 Å². The number of benzene rings is 1. The molecule has 6 heteroatoms. The molecule has 0 unspecified atom stereocenters. The van der Waals surface area contributed by atoms with Crippen LogP contribution in [0.4, 0.5) is 4.39 Å². The fourth-order valence-electron chi connectivity index (χ4n) is 3.76. The monoisotopic (exact) mass is 372 g/mol. The molecule has 1 aliphatic rings. The number of aryl methyl sites for hydroxylation is 1. The molecule has 1 saturated heterocycles. The largest absolute Gasteiger partial charge is 0.340 e. The van der Waals surface area contributed by atoms with E-state index in [1.807, 2.05) is 34.7 Å². The van der Waals surface area contributed by atoms with Gasteiger partial charge in [-0.05, 0) is 37.0 Å². The van der Waals surface area contributed by atoms with Crippen LogP contribution < -0.4 is 0 Å². The van der Waals surface area contributed by atoms with E-state index in [0.29, 0.717) is 12.5 Å². The zero-order valence-corrected chi connectivity index (χ0v) is 16.4. The van der Waals surface area contributed by atoms with Crippen molar-refractivity contribution in [2.45, 2.75) is 46.3 Å². The minimum absolute atomic E-state index is 0.144. The van der Waals surface area contributed by atoms with E-state index in [0.717, 1.165) is 44.0 Å². The maximum atomic E-state index is 13.2. The van der Waals surface area contributed by atoms with Crippen LogP contribution in [0.15, 0.2) is 36.7 Å². The second-order valence-corrected chi connectivity index (χ2v) is 7.70. The van der Waals surface area contributed by atoms with E-state index in [2.05, 4.69) is 23.7 Å². The van der Waals surface area contributed by atoms with E-state index in [1.54, 1.807) is 6.20 Å². The predicted molar refractivity (Wildman–Crippen MR) is 104 cm³/mol. The molecule has 0 spiro atoms. The Hall–Kier alpha value is -2.21. The molecule has 0 N–H and O–H groups in total. The summed E-state index contributed by atoms with van der Waals surface area (Å²) < 4.78 is 15.1. The maximum Gasteiger partial charge on any atom is 0.242 e. The molecule has 0 bridgehead atoms. The van der Waals surface area contributed by atoms with Gasteiger partial charge in [0.05, 0.1) is 0 Å². The topological polar surface area (TPSA) is 41.4 Å². The number of rotatable bonds is 5. The van der Waals surface area contributed by atoms with Gasteiger partial charge < -0.3 is 9.47 Å². The number of carbonyl (C=O) groups excluding carboxylic acids is 1. The fourth-order valence-corrected chi connectivity index (χ4v) is 3.76.